The van der Waals surface area contributed by atoms with Crippen molar-refractivity contribution in [3.05, 3.63) is 29.8 Å². The molecule has 2 N–H and O–H groups in total. The van der Waals surface area contributed by atoms with Crippen LogP contribution in [0.15, 0.2) is 24.3 Å². The first-order chi connectivity index (χ1) is 5.75. The maximum Gasteiger partial charge on any atom is 0.120 e. The van der Waals surface area contributed by atoms with E-state index in [4.69, 9.17) is 0 Å². The van der Waals surface area contributed by atoms with Crippen LogP contribution in [-0.4, -0.2) is 11.7 Å². The molecule has 0 heterocycles. The molecule has 0 saturated carbocycles. The molecule has 2 nitrogen and oxygen atoms in total. The van der Waals surface area contributed by atoms with Gasteiger partial charge in [0.2, 0.25) is 0 Å². The number of aromatic hydroxyl groups is 1. The minimum atomic E-state index is 0.219. The molecule has 0 saturated heterocycles. The van der Waals surface area contributed by atoms with Gasteiger partial charge in [0, 0.05) is 11.6 Å². The molecule has 0 aliphatic carbocycles. The van der Waals surface area contributed by atoms with Gasteiger partial charge in [-0.1, -0.05) is 25.1 Å². The molecule has 0 radical (unpaired) electrons. The van der Waals surface area contributed by atoms with E-state index in [1.807, 2.05) is 25.1 Å². The first-order valence-corrected chi connectivity index (χ1v) is 4.27. The summed E-state index contributed by atoms with van der Waals surface area (Å²) in [5.74, 6) is 0.367. The summed E-state index contributed by atoms with van der Waals surface area (Å²) in [5.41, 5.74) is 0.958. The van der Waals surface area contributed by atoms with E-state index in [-0.39, 0.29) is 6.04 Å². The van der Waals surface area contributed by atoms with Gasteiger partial charge in [-0.15, -0.1) is 0 Å². The molecule has 12 heavy (non-hydrogen) atoms. The van der Waals surface area contributed by atoms with Crippen LogP contribution >= 0.6 is 0 Å². The zero-order valence-electron chi connectivity index (χ0n) is 7.54. The third-order valence-corrected chi connectivity index (χ3v) is 1.91. The summed E-state index contributed by atoms with van der Waals surface area (Å²) in [6.07, 6.45) is 0. The molecule has 0 spiro atoms. The Kier molecular flexibility index (Phi) is 3.11. The maximum absolute atomic E-state index is 9.47. The Balaban J connectivity index is 2.79. The molecular formula is C10H15NO. The Morgan fingerprint density at radius 2 is 2.08 bits per heavy atom. The van der Waals surface area contributed by atoms with Crippen molar-refractivity contribution < 1.29 is 5.11 Å². The smallest absolute Gasteiger partial charge is 0.120 e. The van der Waals surface area contributed by atoms with Gasteiger partial charge in [-0.25, -0.2) is 0 Å². The topological polar surface area (TPSA) is 32.3 Å². The van der Waals surface area contributed by atoms with Gasteiger partial charge in [-0.05, 0) is 19.5 Å². The molecular weight excluding hydrogens is 150 g/mol. The van der Waals surface area contributed by atoms with E-state index in [9.17, 15) is 5.11 Å². The molecule has 2 heteroatoms. The quantitative estimate of drug-likeness (QED) is 0.718. The molecule has 1 aromatic rings. The monoisotopic (exact) mass is 165 g/mol. The number of rotatable bonds is 3. The molecule has 1 aromatic carbocycles. The molecule has 1 rings (SSSR count). The van der Waals surface area contributed by atoms with E-state index < -0.39 is 0 Å². The predicted molar refractivity (Wildman–Crippen MR) is 50.2 cm³/mol. The van der Waals surface area contributed by atoms with Crippen molar-refractivity contribution in [3.8, 4) is 5.75 Å². The highest BCUT2D eigenvalue weighted by atomic mass is 16.3. The van der Waals surface area contributed by atoms with Crippen LogP contribution in [-0.2, 0) is 0 Å². The van der Waals surface area contributed by atoms with E-state index in [1.54, 1.807) is 6.07 Å². The molecule has 0 aliphatic heterocycles. The van der Waals surface area contributed by atoms with Crippen molar-refractivity contribution in [2.45, 2.75) is 19.9 Å². The number of phenolic OH excluding ortho intramolecular Hbond substituents is 1. The first-order valence-electron chi connectivity index (χ1n) is 4.27. The van der Waals surface area contributed by atoms with E-state index in [0.717, 1.165) is 12.1 Å². The van der Waals surface area contributed by atoms with Crippen LogP contribution in [0.3, 0.4) is 0 Å². The molecule has 0 fully saturated rings. The Bertz CT molecular complexity index is 247. The highest BCUT2D eigenvalue weighted by Crippen LogP contribution is 2.22. The zero-order chi connectivity index (χ0) is 8.97. The van der Waals surface area contributed by atoms with Crippen LogP contribution in [0.2, 0.25) is 0 Å². The van der Waals surface area contributed by atoms with Gasteiger partial charge in [-0.2, -0.15) is 0 Å². The molecule has 0 aliphatic rings. The summed E-state index contributed by atoms with van der Waals surface area (Å²) < 4.78 is 0. The minimum Gasteiger partial charge on any atom is -0.508 e. The van der Waals surface area contributed by atoms with Crippen LogP contribution in [0.4, 0.5) is 0 Å². The Labute approximate surface area is 73.2 Å². The van der Waals surface area contributed by atoms with Gasteiger partial charge in [-0.3, -0.25) is 0 Å². The van der Waals surface area contributed by atoms with Gasteiger partial charge >= 0.3 is 0 Å². The highest BCUT2D eigenvalue weighted by Gasteiger charge is 2.06. The molecule has 0 amide bonds. The third-order valence-electron chi connectivity index (χ3n) is 1.91. The lowest BCUT2D eigenvalue weighted by atomic mass is 10.1. The van der Waals surface area contributed by atoms with Crippen LogP contribution in [0, 0.1) is 0 Å². The fourth-order valence-corrected chi connectivity index (χ4v) is 1.27. The summed E-state index contributed by atoms with van der Waals surface area (Å²) >= 11 is 0. The molecule has 0 aromatic heterocycles. The lowest BCUT2D eigenvalue weighted by Crippen LogP contribution is -2.17. The molecule has 1 atom stereocenters. The van der Waals surface area contributed by atoms with Gasteiger partial charge in [0.1, 0.15) is 5.75 Å². The van der Waals surface area contributed by atoms with Crippen LogP contribution in [0.25, 0.3) is 0 Å². The number of para-hydroxylation sites is 1. The fraction of sp³-hybridized carbons (Fsp3) is 0.400. The third kappa shape index (κ3) is 1.98. The second kappa shape index (κ2) is 4.12. The second-order valence-corrected chi connectivity index (χ2v) is 2.84. The molecule has 0 bridgehead atoms. The number of phenols is 1. The standard InChI is InChI=1S/C10H15NO/c1-3-11-8(2)9-6-4-5-7-10(9)12/h4-8,11-12H,3H2,1-2H3. The van der Waals surface area contributed by atoms with Crippen LogP contribution in [0.5, 0.6) is 5.75 Å². The van der Waals surface area contributed by atoms with Gasteiger partial charge in [0.05, 0.1) is 0 Å². The largest absolute Gasteiger partial charge is 0.508 e. The summed E-state index contributed by atoms with van der Waals surface area (Å²) in [6, 6.07) is 7.63. The molecule has 1 unspecified atom stereocenters. The van der Waals surface area contributed by atoms with E-state index in [2.05, 4.69) is 12.2 Å². The Morgan fingerprint density at radius 3 is 2.67 bits per heavy atom. The molecule has 66 valence electrons. The van der Waals surface area contributed by atoms with Gasteiger partial charge in [0.15, 0.2) is 0 Å². The van der Waals surface area contributed by atoms with Crippen LogP contribution in [0.1, 0.15) is 25.5 Å². The van der Waals surface area contributed by atoms with Gasteiger partial charge < -0.3 is 10.4 Å². The average Bonchev–Trinajstić information content (AvgIpc) is 2.05. The van der Waals surface area contributed by atoms with Crippen molar-refractivity contribution in [2.24, 2.45) is 0 Å². The van der Waals surface area contributed by atoms with Crippen LogP contribution < -0.4 is 5.32 Å². The minimum absolute atomic E-state index is 0.219. The van der Waals surface area contributed by atoms with Crippen molar-refractivity contribution in [1.29, 1.82) is 0 Å². The highest BCUT2D eigenvalue weighted by molar-refractivity contribution is 5.33. The number of benzene rings is 1. The summed E-state index contributed by atoms with van der Waals surface area (Å²) in [7, 11) is 0. The maximum atomic E-state index is 9.47. The van der Waals surface area contributed by atoms with E-state index >= 15 is 0 Å². The number of hydrogen-bond donors (Lipinski definition) is 2. The number of nitrogens with one attached hydrogen (secondary N) is 1. The zero-order valence-corrected chi connectivity index (χ0v) is 7.54. The predicted octanol–water partition coefficient (Wildman–Crippen LogP) is 2.06. The van der Waals surface area contributed by atoms with Crippen molar-refractivity contribution in [3.63, 3.8) is 0 Å². The normalized spacial score (nSPS) is 12.8. The Morgan fingerprint density at radius 1 is 1.42 bits per heavy atom. The summed E-state index contributed by atoms with van der Waals surface area (Å²) in [6.45, 7) is 5.00. The average molecular weight is 165 g/mol. The Hall–Kier alpha value is -1.02. The SMILES string of the molecule is CCNC(C)c1ccccc1O. The van der Waals surface area contributed by atoms with Crippen molar-refractivity contribution >= 4 is 0 Å². The lowest BCUT2D eigenvalue weighted by molar-refractivity contribution is 0.454. The second-order valence-electron chi connectivity index (χ2n) is 2.84. The van der Waals surface area contributed by atoms with Crippen molar-refractivity contribution in [1.82, 2.24) is 5.32 Å². The summed E-state index contributed by atoms with van der Waals surface area (Å²) in [5, 5.41) is 12.7. The van der Waals surface area contributed by atoms with E-state index in [1.165, 1.54) is 0 Å². The van der Waals surface area contributed by atoms with Crippen molar-refractivity contribution in [2.75, 3.05) is 6.54 Å². The lowest BCUT2D eigenvalue weighted by Gasteiger charge is -2.13. The summed E-state index contributed by atoms with van der Waals surface area (Å²) in [4.78, 5) is 0. The number of hydrogen-bond acceptors (Lipinski definition) is 2. The fourth-order valence-electron chi connectivity index (χ4n) is 1.27. The first kappa shape index (κ1) is 9.07. The van der Waals surface area contributed by atoms with Gasteiger partial charge in [0.25, 0.3) is 0 Å². The van der Waals surface area contributed by atoms with E-state index in [0.29, 0.717) is 5.75 Å².